The first-order chi connectivity index (χ1) is 53.6. The van der Waals surface area contributed by atoms with Crippen LogP contribution in [0, 0.1) is 30.2 Å². The van der Waals surface area contributed by atoms with E-state index in [1.165, 1.54) is 89.9 Å². The molecule has 25 nitrogen and oxygen atoms in total. The van der Waals surface area contributed by atoms with Gasteiger partial charge in [-0.3, -0.25) is 14.8 Å². The first-order valence-corrected chi connectivity index (χ1v) is 38.9. The summed E-state index contributed by atoms with van der Waals surface area (Å²) in [5.74, 6) is 7.16. The molecule has 0 bridgehead atoms. The van der Waals surface area contributed by atoms with Crippen LogP contribution in [0.25, 0.3) is 0 Å². The van der Waals surface area contributed by atoms with Gasteiger partial charge in [0.15, 0.2) is 21.9 Å². The minimum atomic E-state index is -0.245. The lowest BCUT2D eigenvalue weighted by atomic mass is 10.0. The minimum Gasteiger partial charge on any atom is -0.349 e. The highest BCUT2D eigenvalue weighted by atomic mass is 32.1. The van der Waals surface area contributed by atoms with Crippen molar-refractivity contribution in [2.75, 3.05) is 73.7 Å². The van der Waals surface area contributed by atoms with E-state index in [4.69, 9.17) is 4.98 Å². The monoisotopic (exact) mass is 1520 g/mol. The number of halogens is 4. The molecule has 4 aliphatic heterocycles. The molecule has 566 valence electrons. The van der Waals surface area contributed by atoms with E-state index in [1.807, 2.05) is 98.0 Å². The summed E-state index contributed by atoms with van der Waals surface area (Å²) in [5, 5.41) is 23.2. The van der Waals surface area contributed by atoms with Gasteiger partial charge in [-0.1, -0.05) is 62.4 Å². The Morgan fingerprint density at radius 2 is 0.955 bits per heavy atom. The lowest BCUT2D eigenvalue weighted by molar-refractivity contribution is 0.0917. The van der Waals surface area contributed by atoms with Gasteiger partial charge in [-0.25, -0.2) is 72.1 Å². The first kappa shape index (κ1) is 74.0. The molecule has 4 N–H and O–H groups in total. The highest BCUT2D eigenvalue weighted by Gasteiger charge is 2.34. The van der Waals surface area contributed by atoms with Crippen LogP contribution in [-0.2, 0) is 0 Å². The van der Waals surface area contributed by atoms with Gasteiger partial charge in [0.2, 0.25) is 29.7 Å². The number of hydrogen-bond acceptors (Lipinski definition) is 25. The molecule has 4 atom stereocenters. The van der Waals surface area contributed by atoms with Gasteiger partial charge in [-0.2, -0.15) is 15.1 Å². The maximum atomic E-state index is 13.3. The molecule has 110 heavy (non-hydrogen) atoms. The minimum absolute atomic E-state index is 0.0965. The maximum Gasteiger partial charge on any atom is 0.244 e. The van der Waals surface area contributed by atoms with Crippen LogP contribution in [0.4, 0.5) is 86.5 Å². The summed E-state index contributed by atoms with van der Waals surface area (Å²) in [6.45, 7) is 11.4. The fourth-order valence-electron chi connectivity index (χ4n) is 14.4. The molecule has 4 aromatic carbocycles. The Morgan fingerprint density at radius 3 is 1.42 bits per heavy atom. The number of aromatic amines is 1. The van der Waals surface area contributed by atoms with E-state index >= 15 is 0 Å². The van der Waals surface area contributed by atoms with Crippen LogP contribution < -0.4 is 40.4 Å². The number of nitrogens with zero attached hydrogens (tertiary/aromatic N) is 20. The summed E-state index contributed by atoms with van der Waals surface area (Å²) in [7, 11) is 1.91. The molecule has 0 radical (unpaired) electrons. The summed E-state index contributed by atoms with van der Waals surface area (Å²) in [5.41, 5.74) is 6.45. The van der Waals surface area contributed by atoms with Gasteiger partial charge in [0.25, 0.3) is 0 Å². The fourth-order valence-corrected chi connectivity index (χ4v) is 15.9. The lowest BCUT2D eigenvalue weighted by Crippen LogP contribution is -2.26. The third-order valence-corrected chi connectivity index (χ3v) is 22.3. The SMILES string of the molecule is CC(=O)n1nc(Nc2ncnc(N3CCCC3c3ccc(F)cc3)n2)cc1C1CC1.CC(C)c1cnc(Nc2cc(N3CCCC3c3ccc(F)cc3)ncn2)s1.CN(c1cc(C2CC2)[nH]n1)c1ncnc(N2CCCC2c2ccc(F)cc2)n1.Cc1cnc(Nc2cc(N3CCCC3c3ccc(F)cc3)ncn2)s1. The number of aromatic nitrogens is 16. The summed E-state index contributed by atoms with van der Waals surface area (Å²) < 4.78 is 54.5. The van der Waals surface area contributed by atoms with Gasteiger partial charge < -0.3 is 35.6 Å². The molecule has 6 fully saturated rings. The zero-order valence-corrected chi connectivity index (χ0v) is 63.2. The topological polar surface area (TPSA) is 271 Å². The Morgan fingerprint density at radius 1 is 0.500 bits per heavy atom. The van der Waals surface area contributed by atoms with Crippen molar-refractivity contribution >= 4 is 97.5 Å². The zero-order chi connectivity index (χ0) is 75.8. The molecule has 18 rings (SSSR count). The first-order valence-electron chi connectivity index (χ1n) is 37.3. The third-order valence-electron chi connectivity index (χ3n) is 20.2. The van der Waals surface area contributed by atoms with Crippen LogP contribution in [0.5, 0.6) is 0 Å². The summed E-state index contributed by atoms with van der Waals surface area (Å²) in [6, 6.07) is 35.3. The van der Waals surface area contributed by atoms with Crippen molar-refractivity contribution < 1.29 is 22.4 Å². The number of nitrogens with one attached hydrogen (secondary N) is 4. The highest BCUT2D eigenvalue weighted by molar-refractivity contribution is 7.16. The van der Waals surface area contributed by atoms with Crippen LogP contribution in [0.1, 0.15) is 188 Å². The summed E-state index contributed by atoms with van der Waals surface area (Å²) in [4.78, 5) is 77.8. The molecule has 12 aromatic rings. The van der Waals surface area contributed by atoms with E-state index in [-0.39, 0.29) is 53.3 Å². The molecule has 4 saturated heterocycles. The van der Waals surface area contributed by atoms with Crippen LogP contribution in [0.15, 0.2) is 159 Å². The number of H-pyrrole nitrogens is 1. The predicted octanol–water partition coefficient (Wildman–Crippen LogP) is 17.3. The number of aryl methyl sites for hydroxylation is 1. The quantitative estimate of drug-likeness (QED) is 0.0548. The number of carbonyl (C=O) groups excluding carboxylic acids is 1. The molecule has 4 unspecified atom stereocenters. The van der Waals surface area contributed by atoms with Gasteiger partial charge in [-0.15, -0.1) is 27.8 Å². The van der Waals surface area contributed by atoms with Gasteiger partial charge in [-0.05, 0) is 161 Å². The normalized spacial score (nSPS) is 18.0. The van der Waals surface area contributed by atoms with Crippen molar-refractivity contribution in [3.05, 3.63) is 226 Å². The zero-order valence-electron chi connectivity index (χ0n) is 61.5. The number of anilines is 12. The standard InChI is InChI=1S/C21H22FN7O.C20H22FN7.C20H22FN5S.C18H18FN5S/c1-13(30)29-18(15-4-5-15)11-19(27-29)25-20-23-12-24-21(26-20)28-10-2-3-17(28)14-6-8-16(22)9-7-14;1-27(18-11-16(25-26-18)13-4-5-13)19-22-12-23-20(24-19)28-10-2-3-17(28)14-6-8-15(21)9-7-14;1-13(2)17-11-22-20(27-17)25-18-10-19(24-12-23-18)26-9-3-4-16(26)14-5-7-15(21)8-6-14;1-12-10-20-18(25-12)23-16-9-17(22-11-21-16)24-8-2-3-15(24)13-4-6-14(19)7-5-13/h6-9,11-12,15,17H,2-5,10H2,1H3,(H,23,24,25,26,27);6-9,11-13,17H,2-5,10H2,1H3,(H,25,26);5-8,10-13,16H,3-4,9H2,1-2H3,(H,22,23,24,25);4-7,9-11,15H,2-3,8H2,1H3,(H,20,21,22,23). The smallest absolute Gasteiger partial charge is 0.244 e. The Labute approximate surface area is 642 Å². The number of carbonyl (C=O) groups is 1. The van der Waals surface area contributed by atoms with Crippen LogP contribution >= 0.6 is 22.7 Å². The van der Waals surface area contributed by atoms with Gasteiger partial charge >= 0.3 is 0 Å². The maximum absolute atomic E-state index is 13.3. The second-order valence-electron chi connectivity index (χ2n) is 28.4. The molecular formula is C79H84F4N24OS2. The Kier molecular flexibility index (Phi) is 22.6. The van der Waals surface area contributed by atoms with Crippen molar-refractivity contribution in [2.24, 2.45) is 0 Å². The second kappa shape index (κ2) is 33.6. The number of hydrogen-bond donors (Lipinski definition) is 4. The molecule has 12 heterocycles. The molecule has 0 amide bonds. The van der Waals surface area contributed by atoms with Crippen LogP contribution in [-0.4, -0.2) is 119 Å². The Balaban J connectivity index is 0.000000117. The third kappa shape index (κ3) is 18.0. The molecule has 0 spiro atoms. The van der Waals surface area contributed by atoms with E-state index in [9.17, 15) is 22.4 Å². The average molecular weight is 1530 g/mol. The van der Waals surface area contributed by atoms with Crippen molar-refractivity contribution in [3.63, 3.8) is 0 Å². The largest absolute Gasteiger partial charge is 0.349 e. The molecule has 31 heteroatoms. The van der Waals surface area contributed by atoms with Crippen molar-refractivity contribution in [1.29, 1.82) is 0 Å². The van der Waals surface area contributed by atoms with E-state index in [0.29, 0.717) is 47.4 Å². The van der Waals surface area contributed by atoms with Crippen LogP contribution in [0.3, 0.4) is 0 Å². The number of benzene rings is 4. The fraction of sp³-hybridized carbons (Fsp3) is 0.354. The molecule has 2 aliphatic carbocycles. The van der Waals surface area contributed by atoms with E-state index < -0.39 is 0 Å². The van der Waals surface area contributed by atoms with Gasteiger partial charge in [0.05, 0.1) is 29.9 Å². The molecule has 6 aliphatic rings. The average Bonchev–Trinajstić information content (AvgIpc) is 1.77. The van der Waals surface area contributed by atoms with E-state index in [2.05, 4.69) is 126 Å². The Hall–Kier alpha value is -11.5. The van der Waals surface area contributed by atoms with E-state index in [1.54, 1.807) is 41.7 Å². The summed E-state index contributed by atoms with van der Waals surface area (Å²) >= 11 is 3.23. The van der Waals surface area contributed by atoms with Crippen molar-refractivity contribution in [2.45, 2.75) is 147 Å². The van der Waals surface area contributed by atoms with Crippen molar-refractivity contribution in [3.8, 4) is 0 Å². The van der Waals surface area contributed by atoms with Crippen molar-refractivity contribution in [1.82, 2.24) is 79.8 Å². The van der Waals surface area contributed by atoms with Crippen LogP contribution in [0.2, 0.25) is 0 Å². The highest BCUT2D eigenvalue weighted by Crippen LogP contribution is 2.44. The molecular weight excluding hydrogens is 1440 g/mol. The lowest BCUT2D eigenvalue weighted by Gasteiger charge is -2.26. The molecule has 2 saturated carbocycles. The van der Waals surface area contributed by atoms with E-state index in [0.717, 1.165) is 163 Å². The predicted molar refractivity (Wildman–Crippen MR) is 419 cm³/mol. The summed E-state index contributed by atoms with van der Waals surface area (Å²) in [6.07, 6.45) is 22.7. The van der Waals surface area contributed by atoms with Gasteiger partial charge in [0, 0.05) is 104 Å². The molecule has 8 aromatic heterocycles. The van der Waals surface area contributed by atoms with Gasteiger partial charge in [0.1, 0.15) is 71.8 Å². The number of thiazole rings is 2. The second-order valence-corrected chi connectivity index (χ2v) is 30.7. The number of rotatable bonds is 19. The Bertz CT molecular complexity index is 5080.